The van der Waals surface area contributed by atoms with Crippen LogP contribution >= 0.6 is 11.8 Å². The van der Waals surface area contributed by atoms with E-state index in [1.54, 1.807) is 11.8 Å². The molecule has 0 amide bonds. The number of rotatable bonds is 6. The third kappa shape index (κ3) is 3.67. The summed E-state index contributed by atoms with van der Waals surface area (Å²) in [7, 11) is 0. The Hall–Kier alpha value is -1.59. The lowest BCUT2D eigenvalue weighted by atomic mass is 9.60. The number of nitrogens with one attached hydrogen (secondary N) is 1. The topological polar surface area (TPSA) is 55.0 Å². The largest absolute Gasteiger partial charge is 0.381 e. The van der Waals surface area contributed by atoms with Crippen molar-refractivity contribution in [1.82, 2.24) is 9.97 Å². The predicted molar refractivity (Wildman–Crippen MR) is 115 cm³/mol. The summed E-state index contributed by atoms with van der Waals surface area (Å²) in [4.78, 5) is 21.3. The molecule has 2 aliphatic carbocycles. The second kappa shape index (κ2) is 8.42. The molecular weight excluding hydrogens is 368 g/mol. The molecule has 4 rings (SSSR count). The first kappa shape index (κ1) is 19.7. The Morgan fingerprint density at radius 1 is 1.25 bits per heavy atom. The zero-order valence-corrected chi connectivity index (χ0v) is 17.7. The number of hydrogen-bond donors (Lipinski definition) is 1. The average molecular weight is 399 g/mol. The third-order valence-electron chi connectivity index (χ3n) is 6.48. The Balaban J connectivity index is 1.77. The molecule has 1 heterocycles. The fourth-order valence-corrected chi connectivity index (χ4v) is 5.78. The molecule has 5 heteroatoms. The van der Waals surface area contributed by atoms with E-state index in [9.17, 15) is 4.79 Å². The molecule has 1 aromatic carbocycles. The van der Waals surface area contributed by atoms with Crippen molar-refractivity contribution in [3.8, 4) is 11.3 Å². The monoisotopic (exact) mass is 398 g/mol. The highest BCUT2D eigenvalue weighted by molar-refractivity contribution is 7.99. The van der Waals surface area contributed by atoms with Crippen molar-refractivity contribution in [1.29, 1.82) is 0 Å². The van der Waals surface area contributed by atoms with Gasteiger partial charge in [0.1, 0.15) is 0 Å². The van der Waals surface area contributed by atoms with E-state index in [0.717, 1.165) is 29.0 Å². The van der Waals surface area contributed by atoms with Crippen LogP contribution in [0.1, 0.15) is 57.1 Å². The van der Waals surface area contributed by atoms with Gasteiger partial charge in [-0.2, -0.15) is 0 Å². The molecule has 2 aliphatic rings. The van der Waals surface area contributed by atoms with E-state index < -0.39 is 0 Å². The van der Waals surface area contributed by atoms with E-state index in [2.05, 4.69) is 36.2 Å². The number of aromatic amines is 1. The second-order valence-electron chi connectivity index (χ2n) is 8.23. The van der Waals surface area contributed by atoms with Crippen molar-refractivity contribution in [2.75, 3.05) is 19.0 Å². The average Bonchev–Trinajstić information content (AvgIpc) is 2.71. The summed E-state index contributed by atoms with van der Waals surface area (Å²) in [5.74, 6) is 1.34. The molecule has 0 aliphatic heterocycles. The molecular formula is C23H30N2O2S. The van der Waals surface area contributed by atoms with Crippen LogP contribution in [0.3, 0.4) is 0 Å². The Kier molecular flexibility index (Phi) is 5.93. The van der Waals surface area contributed by atoms with Gasteiger partial charge in [-0.25, -0.2) is 4.98 Å². The minimum absolute atomic E-state index is 0.0477. The molecule has 0 spiro atoms. The van der Waals surface area contributed by atoms with Gasteiger partial charge >= 0.3 is 0 Å². The van der Waals surface area contributed by atoms with Gasteiger partial charge < -0.3 is 9.72 Å². The van der Waals surface area contributed by atoms with E-state index in [1.165, 1.54) is 37.7 Å². The van der Waals surface area contributed by atoms with Gasteiger partial charge in [0.2, 0.25) is 0 Å². The summed E-state index contributed by atoms with van der Waals surface area (Å²) < 4.78 is 5.43. The van der Waals surface area contributed by atoms with Crippen LogP contribution in [0.25, 0.3) is 11.3 Å². The van der Waals surface area contributed by atoms with Gasteiger partial charge in [0.25, 0.3) is 5.56 Å². The van der Waals surface area contributed by atoms with Gasteiger partial charge in [0.15, 0.2) is 5.16 Å². The van der Waals surface area contributed by atoms with Crippen molar-refractivity contribution < 1.29 is 4.74 Å². The summed E-state index contributed by atoms with van der Waals surface area (Å²) in [6, 6.07) is 8.49. The van der Waals surface area contributed by atoms with Gasteiger partial charge in [-0.15, -0.1) is 0 Å². The highest BCUT2D eigenvalue weighted by Crippen LogP contribution is 2.48. The van der Waals surface area contributed by atoms with Crippen LogP contribution in [0.5, 0.6) is 0 Å². The lowest BCUT2D eigenvalue weighted by Gasteiger charge is -2.43. The lowest BCUT2D eigenvalue weighted by molar-refractivity contribution is 0.164. The first-order chi connectivity index (χ1) is 13.6. The van der Waals surface area contributed by atoms with Crippen LogP contribution in [-0.2, 0) is 16.6 Å². The Morgan fingerprint density at radius 3 is 2.82 bits per heavy atom. The number of aromatic nitrogens is 2. The van der Waals surface area contributed by atoms with Crippen molar-refractivity contribution >= 4 is 11.8 Å². The fraction of sp³-hybridized carbons (Fsp3) is 0.565. The third-order valence-corrected chi connectivity index (χ3v) is 7.31. The summed E-state index contributed by atoms with van der Waals surface area (Å²) in [5, 5.41) is 0.700. The van der Waals surface area contributed by atoms with Gasteiger partial charge in [-0.1, -0.05) is 62.2 Å². The minimum atomic E-state index is -0.140. The number of thioether (sulfide) groups is 1. The molecule has 4 nitrogen and oxygen atoms in total. The van der Waals surface area contributed by atoms with Gasteiger partial charge in [-0.3, -0.25) is 4.79 Å². The van der Waals surface area contributed by atoms with Crippen LogP contribution in [-0.4, -0.2) is 28.9 Å². The standard InChI is InChI=1S/C23H30N2O2S/c1-3-27-13-14-28-22-24-20-18-12-8-7-9-16(18)15-23(2,19(20)21(26)25-22)17-10-5-4-6-11-17/h7-9,12,17H,3-6,10-11,13-15H2,1-2H3,(H,24,25,26). The summed E-state index contributed by atoms with van der Waals surface area (Å²) in [5.41, 5.74) is 4.17. The molecule has 28 heavy (non-hydrogen) atoms. The van der Waals surface area contributed by atoms with E-state index >= 15 is 0 Å². The van der Waals surface area contributed by atoms with Gasteiger partial charge in [0, 0.05) is 23.3 Å². The molecule has 1 aromatic heterocycles. The summed E-state index contributed by atoms with van der Waals surface area (Å²) in [6.07, 6.45) is 7.22. The molecule has 1 unspecified atom stereocenters. The number of benzene rings is 1. The van der Waals surface area contributed by atoms with Crippen molar-refractivity contribution in [3.05, 3.63) is 45.7 Å². The molecule has 1 N–H and O–H groups in total. The SMILES string of the molecule is CCOCCSc1nc2c(c(=O)[nH]1)C(C)(C1CCCCC1)Cc1ccccc1-2. The fourth-order valence-electron chi connectivity index (χ4n) is 5.06. The van der Waals surface area contributed by atoms with E-state index in [1.807, 2.05) is 6.92 Å². The van der Waals surface area contributed by atoms with E-state index in [4.69, 9.17) is 9.72 Å². The van der Waals surface area contributed by atoms with Crippen LogP contribution in [0, 0.1) is 5.92 Å². The normalized spacial score (nSPS) is 21.9. The second-order valence-corrected chi connectivity index (χ2v) is 9.31. The van der Waals surface area contributed by atoms with Gasteiger partial charge in [-0.05, 0) is 37.7 Å². The molecule has 2 aromatic rings. The number of nitrogens with zero attached hydrogens (tertiary/aromatic N) is 1. The van der Waals surface area contributed by atoms with Crippen molar-refractivity contribution in [2.45, 2.75) is 62.9 Å². The quantitative estimate of drug-likeness (QED) is 0.424. The number of H-pyrrole nitrogens is 1. The first-order valence-corrected chi connectivity index (χ1v) is 11.6. The number of fused-ring (bicyclic) bond motifs is 3. The lowest BCUT2D eigenvalue weighted by Crippen LogP contribution is -2.43. The van der Waals surface area contributed by atoms with Crippen molar-refractivity contribution in [3.63, 3.8) is 0 Å². The Labute approximate surface area is 171 Å². The molecule has 1 fully saturated rings. The summed E-state index contributed by atoms with van der Waals surface area (Å²) >= 11 is 1.57. The van der Waals surface area contributed by atoms with Crippen LogP contribution in [0.4, 0.5) is 0 Å². The van der Waals surface area contributed by atoms with Crippen LogP contribution in [0.15, 0.2) is 34.2 Å². The zero-order valence-electron chi connectivity index (χ0n) is 16.9. The Bertz CT molecular complexity index is 888. The number of ether oxygens (including phenoxy) is 1. The van der Waals surface area contributed by atoms with Crippen LogP contribution in [0.2, 0.25) is 0 Å². The highest BCUT2D eigenvalue weighted by atomic mass is 32.2. The maximum absolute atomic E-state index is 13.3. The maximum atomic E-state index is 13.3. The number of hydrogen-bond acceptors (Lipinski definition) is 4. The summed E-state index contributed by atoms with van der Waals surface area (Å²) in [6.45, 7) is 5.67. The molecule has 1 saturated carbocycles. The maximum Gasteiger partial charge on any atom is 0.255 e. The van der Waals surface area contributed by atoms with E-state index in [0.29, 0.717) is 24.3 Å². The Morgan fingerprint density at radius 2 is 2.04 bits per heavy atom. The zero-order chi connectivity index (χ0) is 19.6. The predicted octanol–water partition coefficient (Wildman–Crippen LogP) is 4.96. The first-order valence-electron chi connectivity index (χ1n) is 10.6. The smallest absolute Gasteiger partial charge is 0.255 e. The molecule has 150 valence electrons. The minimum Gasteiger partial charge on any atom is -0.381 e. The van der Waals surface area contributed by atoms with Crippen LogP contribution < -0.4 is 5.56 Å². The van der Waals surface area contributed by atoms with Gasteiger partial charge in [0.05, 0.1) is 17.9 Å². The van der Waals surface area contributed by atoms with Crippen molar-refractivity contribution in [2.24, 2.45) is 5.92 Å². The van der Waals surface area contributed by atoms with E-state index in [-0.39, 0.29) is 11.0 Å². The molecule has 0 radical (unpaired) electrons. The molecule has 0 saturated heterocycles. The highest BCUT2D eigenvalue weighted by Gasteiger charge is 2.44. The molecule has 0 bridgehead atoms. The molecule has 1 atom stereocenters.